The lowest BCUT2D eigenvalue weighted by atomic mass is 9.97. The Hall–Kier alpha value is -0.810. The SMILES string of the molecule is CC(C)(C)OC(=O)N1C2CCC1CC(NCCN1CCCCC1)C2. The molecule has 24 heavy (non-hydrogen) atoms. The third-order valence-corrected chi connectivity index (χ3v) is 5.65. The van der Waals surface area contributed by atoms with Gasteiger partial charge >= 0.3 is 6.09 Å². The molecule has 0 aromatic carbocycles. The van der Waals surface area contributed by atoms with Gasteiger partial charge in [-0.15, -0.1) is 0 Å². The summed E-state index contributed by atoms with van der Waals surface area (Å²) in [6.07, 6.45) is 8.43. The van der Waals surface area contributed by atoms with Gasteiger partial charge in [0.25, 0.3) is 0 Å². The number of likely N-dealkylation sites (tertiary alicyclic amines) is 1. The molecule has 0 aromatic heterocycles. The van der Waals surface area contributed by atoms with Crippen molar-refractivity contribution in [1.29, 1.82) is 0 Å². The Balaban J connectivity index is 1.43. The van der Waals surface area contributed by atoms with Crippen LogP contribution in [0.25, 0.3) is 0 Å². The summed E-state index contributed by atoms with van der Waals surface area (Å²) in [5, 5.41) is 3.76. The Morgan fingerprint density at radius 3 is 2.29 bits per heavy atom. The number of fused-ring (bicyclic) bond motifs is 2. The fourth-order valence-corrected chi connectivity index (χ4v) is 4.57. The highest BCUT2D eigenvalue weighted by Crippen LogP contribution is 2.36. The van der Waals surface area contributed by atoms with Gasteiger partial charge in [0.15, 0.2) is 0 Å². The number of carbonyl (C=O) groups is 1. The number of nitrogens with zero attached hydrogens (tertiary/aromatic N) is 2. The van der Waals surface area contributed by atoms with Crippen molar-refractivity contribution in [3.8, 4) is 0 Å². The third kappa shape index (κ3) is 4.63. The largest absolute Gasteiger partial charge is 0.444 e. The number of rotatable bonds is 4. The zero-order valence-electron chi connectivity index (χ0n) is 15.7. The molecule has 0 saturated carbocycles. The molecule has 3 aliphatic rings. The number of amides is 1. The van der Waals surface area contributed by atoms with E-state index in [1.165, 1.54) is 38.9 Å². The predicted octanol–water partition coefficient (Wildman–Crippen LogP) is 2.99. The van der Waals surface area contributed by atoms with E-state index in [0.29, 0.717) is 18.1 Å². The van der Waals surface area contributed by atoms with Crippen LogP contribution in [-0.4, -0.2) is 65.8 Å². The summed E-state index contributed by atoms with van der Waals surface area (Å²) in [5.41, 5.74) is -0.403. The molecule has 0 radical (unpaired) electrons. The minimum absolute atomic E-state index is 0.109. The van der Waals surface area contributed by atoms with Crippen molar-refractivity contribution in [1.82, 2.24) is 15.1 Å². The van der Waals surface area contributed by atoms with Gasteiger partial charge in [-0.3, -0.25) is 0 Å². The Morgan fingerprint density at radius 2 is 1.71 bits per heavy atom. The van der Waals surface area contributed by atoms with Crippen molar-refractivity contribution < 1.29 is 9.53 Å². The van der Waals surface area contributed by atoms with Crippen molar-refractivity contribution in [2.75, 3.05) is 26.2 Å². The standard InChI is InChI=1S/C19H35N3O2/c1-19(2,3)24-18(23)22-16-7-8-17(22)14-15(13-16)20-9-12-21-10-5-4-6-11-21/h15-17,20H,4-14H2,1-3H3. The van der Waals surface area contributed by atoms with Crippen molar-refractivity contribution in [2.45, 2.75) is 89.4 Å². The summed E-state index contributed by atoms with van der Waals surface area (Å²) in [6.45, 7) is 10.6. The van der Waals surface area contributed by atoms with Crippen LogP contribution in [-0.2, 0) is 4.74 Å². The van der Waals surface area contributed by atoms with Crippen LogP contribution >= 0.6 is 0 Å². The summed E-state index contributed by atoms with van der Waals surface area (Å²) >= 11 is 0. The van der Waals surface area contributed by atoms with Crippen LogP contribution in [0.1, 0.15) is 65.7 Å². The first-order valence-corrected chi connectivity index (χ1v) is 9.89. The number of carbonyl (C=O) groups excluding carboxylic acids is 1. The molecule has 0 spiro atoms. The van der Waals surface area contributed by atoms with E-state index in [1.54, 1.807) is 0 Å². The van der Waals surface area contributed by atoms with E-state index >= 15 is 0 Å². The number of hydrogen-bond donors (Lipinski definition) is 1. The summed E-state index contributed by atoms with van der Waals surface area (Å²) in [7, 11) is 0. The molecule has 3 aliphatic heterocycles. The molecule has 2 bridgehead atoms. The lowest BCUT2D eigenvalue weighted by Gasteiger charge is -2.40. The first-order valence-electron chi connectivity index (χ1n) is 9.89. The number of piperidine rings is 2. The maximum atomic E-state index is 12.5. The van der Waals surface area contributed by atoms with Gasteiger partial charge in [0.2, 0.25) is 0 Å². The second-order valence-electron chi connectivity index (χ2n) is 8.80. The highest BCUT2D eigenvalue weighted by molar-refractivity contribution is 5.69. The van der Waals surface area contributed by atoms with Gasteiger partial charge in [0.05, 0.1) is 0 Å². The van der Waals surface area contributed by atoms with Crippen molar-refractivity contribution in [3.05, 3.63) is 0 Å². The highest BCUT2D eigenvalue weighted by Gasteiger charge is 2.44. The molecule has 3 rings (SSSR count). The summed E-state index contributed by atoms with van der Waals surface area (Å²) in [6, 6.07) is 1.29. The number of ether oxygens (including phenoxy) is 1. The molecule has 0 aliphatic carbocycles. The molecule has 3 heterocycles. The molecule has 1 amide bonds. The summed E-state index contributed by atoms with van der Waals surface area (Å²) < 4.78 is 5.61. The predicted molar refractivity (Wildman–Crippen MR) is 96.2 cm³/mol. The monoisotopic (exact) mass is 337 g/mol. The molecule has 1 N–H and O–H groups in total. The van der Waals surface area contributed by atoms with Gasteiger partial charge in [-0.1, -0.05) is 6.42 Å². The fraction of sp³-hybridized carbons (Fsp3) is 0.947. The van der Waals surface area contributed by atoms with Crippen LogP contribution in [0.4, 0.5) is 4.79 Å². The Labute approximate surface area is 147 Å². The lowest BCUT2D eigenvalue weighted by molar-refractivity contribution is 0.00465. The van der Waals surface area contributed by atoms with Gasteiger partial charge in [0.1, 0.15) is 5.60 Å². The first-order chi connectivity index (χ1) is 11.4. The van der Waals surface area contributed by atoms with E-state index in [9.17, 15) is 4.79 Å². The molecule has 138 valence electrons. The molecule has 5 nitrogen and oxygen atoms in total. The summed E-state index contributed by atoms with van der Waals surface area (Å²) in [4.78, 5) is 17.1. The minimum atomic E-state index is -0.403. The van der Waals surface area contributed by atoms with E-state index in [2.05, 4.69) is 10.2 Å². The number of nitrogens with one attached hydrogen (secondary N) is 1. The lowest BCUT2D eigenvalue weighted by Crippen LogP contribution is -2.53. The minimum Gasteiger partial charge on any atom is -0.444 e. The van der Waals surface area contributed by atoms with Gasteiger partial charge < -0.3 is 19.9 Å². The molecule has 2 atom stereocenters. The van der Waals surface area contributed by atoms with Crippen LogP contribution in [0.2, 0.25) is 0 Å². The molecule has 2 unspecified atom stereocenters. The summed E-state index contributed by atoms with van der Waals surface area (Å²) in [5.74, 6) is 0. The first kappa shape index (κ1) is 18.0. The molecule has 3 fully saturated rings. The van der Waals surface area contributed by atoms with Crippen molar-refractivity contribution in [3.63, 3.8) is 0 Å². The fourth-order valence-electron chi connectivity index (χ4n) is 4.57. The maximum absolute atomic E-state index is 12.5. The molecular formula is C19H35N3O2. The Bertz CT molecular complexity index is 415. The van der Waals surface area contributed by atoms with Crippen LogP contribution in [0.15, 0.2) is 0 Å². The van der Waals surface area contributed by atoms with E-state index in [1.807, 2.05) is 25.7 Å². The Morgan fingerprint density at radius 1 is 1.08 bits per heavy atom. The average molecular weight is 338 g/mol. The molecular weight excluding hydrogens is 302 g/mol. The average Bonchev–Trinajstić information content (AvgIpc) is 2.78. The quantitative estimate of drug-likeness (QED) is 0.856. The molecule has 5 heteroatoms. The van der Waals surface area contributed by atoms with Gasteiger partial charge in [-0.05, 0) is 72.4 Å². The third-order valence-electron chi connectivity index (χ3n) is 5.65. The highest BCUT2D eigenvalue weighted by atomic mass is 16.6. The zero-order valence-corrected chi connectivity index (χ0v) is 15.7. The second-order valence-corrected chi connectivity index (χ2v) is 8.80. The van der Waals surface area contributed by atoms with Crippen LogP contribution < -0.4 is 5.32 Å². The van der Waals surface area contributed by atoms with E-state index < -0.39 is 5.60 Å². The number of hydrogen-bond acceptors (Lipinski definition) is 4. The second kappa shape index (κ2) is 7.61. The van der Waals surface area contributed by atoms with Gasteiger partial charge in [-0.25, -0.2) is 4.79 Å². The van der Waals surface area contributed by atoms with E-state index in [-0.39, 0.29) is 6.09 Å². The molecule has 0 aromatic rings. The van der Waals surface area contributed by atoms with Gasteiger partial charge in [0, 0.05) is 31.2 Å². The normalized spacial score (nSPS) is 31.3. The van der Waals surface area contributed by atoms with Crippen LogP contribution in [0, 0.1) is 0 Å². The van der Waals surface area contributed by atoms with Crippen molar-refractivity contribution >= 4 is 6.09 Å². The smallest absolute Gasteiger partial charge is 0.410 e. The van der Waals surface area contributed by atoms with Gasteiger partial charge in [-0.2, -0.15) is 0 Å². The van der Waals surface area contributed by atoms with E-state index in [4.69, 9.17) is 4.74 Å². The van der Waals surface area contributed by atoms with Crippen LogP contribution in [0.5, 0.6) is 0 Å². The Kier molecular flexibility index (Phi) is 5.70. The van der Waals surface area contributed by atoms with E-state index in [0.717, 1.165) is 32.2 Å². The maximum Gasteiger partial charge on any atom is 0.410 e. The van der Waals surface area contributed by atoms with Crippen LogP contribution in [0.3, 0.4) is 0 Å². The zero-order chi connectivity index (χ0) is 17.2. The molecule has 3 saturated heterocycles. The van der Waals surface area contributed by atoms with Crippen molar-refractivity contribution in [2.24, 2.45) is 0 Å². The topological polar surface area (TPSA) is 44.8 Å².